The largest absolute Gasteiger partial charge is 0.440 e. The average molecular weight is 761 g/mol. The van der Waals surface area contributed by atoms with E-state index in [1.54, 1.807) is 0 Å². The van der Waals surface area contributed by atoms with Crippen molar-refractivity contribution in [2.24, 2.45) is 0 Å². The van der Waals surface area contributed by atoms with Crippen LogP contribution in [-0.4, -0.2) is 6.71 Å². The maximum absolute atomic E-state index is 7.04. The fourth-order valence-electron chi connectivity index (χ4n) is 11.0. The van der Waals surface area contributed by atoms with Crippen LogP contribution in [0.1, 0.15) is 0 Å². The van der Waals surface area contributed by atoms with Crippen LogP contribution in [0.2, 0.25) is 0 Å². The van der Waals surface area contributed by atoms with Crippen LogP contribution in [0.5, 0.6) is 0 Å². The van der Waals surface area contributed by atoms with Gasteiger partial charge in [-0.3, -0.25) is 4.90 Å². The zero-order valence-corrected chi connectivity index (χ0v) is 32.4. The van der Waals surface area contributed by atoms with Crippen molar-refractivity contribution in [1.29, 1.82) is 0 Å². The van der Waals surface area contributed by atoms with Gasteiger partial charge in [0, 0.05) is 39.3 Å². The molecule has 276 valence electrons. The van der Waals surface area contributed by atoms with E-state index in [4.69, 9.17) is 4.42 Å². The predicted octanol–water partition coefficient (Wildman–Crippen LogP) is 13.4. The lowest BCUT2D eigenvalue weighted by Crippen LogP contribution is -2.61. The molecule has 11 aromatic carbocycles. The summed E-state index contributed by atoms with van der Waals surface area (Å²) in [5, 5.41) is 16.3. The van der Waals surface area contributed by atoms with Crippen LogP contribution in [0, 0.1) is 0 Å². The van der Waals surface area contributed by atoms with Gasteiger partial charge in [0.2, 0.25) is 5.88 Å². The molecule has 0 spiro atoms. The number of nitrogens with zero attached hydrogens (tertiary/aromatic N) is 2. The van der Waals surface area contributed by atoms with Crippen LogP contribution in [0.15, 0.2) is 205 Å². The Hall–Kier alpha value is -7.82. The van der Waals surface area contributed by atoms with Crippen molar-refractivity contribution in [2.75, 3.05) is 9.80 Å². The summed E-state index contributed by atoms with van der Waals surface area (Å²) in [6, 6.07) is 73.7. The molecule has 0 radical (unpaired) electrons. The first kappa shape index (κ1) is 32.2. The third kappa shape index (κ3) is 4.19. The molecule has 3 nitrogen and oxygen atoms in total. The molecule has 0 saturated heterocycles. The molecule has 0 aliphatic carbocycles. The third-order valence-corrected chi connectivity index (χ3v) is 13.4. The van der Waals surface area contributed by atoms with Gasteiger partial charge in [0.15, 0.2) is 0 Å². The maximum Gasteiger partial charge on any atom is 0.257 e. The van der Waals surface area contributed by atoms with Crippen molar-refractivity contribution in [3.05, 3.63) is 200 Å². The highest BCUT2D eigenvalue weighted by atomic mass is 16.4. The first-order valence-corrected chi connectivity index (χ1v) is 20.8. The highest BCUT2D eigenvalue weighted by molar-refractivity contribution is 7.01. The molecule has 60 heavy (non-hydrogen) atoms. The molecule has 0 N–H and O–H groups in total. The Labute approximate surface area is 346 Å². The molecular weight excluding hydrogens is 727 g/mol. The van der Waals surface area contributed by atoms with Gasteiger partial charge in [0.25, 0.3) is 6.71 Å². The zero-order chi connectivity index (χ0) is 39.1. The van der Waals surface area contributed by atoms with Crippen molar-refractivity contribution in [3.63, 3.8) is 0 Å². The normalized spacial score (nSPS) is 13.2. The first-order valence-electron chi connectivity index (χ1n) is 20.8. The zero-order valence-electron chi connectivity index (χ0n) is 32.4. The number of hydrogen-bond donors (Lipinski definition) is 0. The van der Waals surface area contributed by atoms with Crippen molar-refractivity contribution in [3.8, 4) is 0 Å². The summed E-state index contributed by atoms with van der Waals surface area (Å²) in [6.07, 6.45) is 0. The van der Waals surface area contributed by atoms with E-state index in [0.717, 1.165) is 33.9 Å². The van der Waals surface area contributed by atoms with E-state index < -0.39 is 0 Å². The molecule has 0 fully saturated rings. The number of benzene rings is 11. The van der Waals surface area contributed by atoms with Crippen LogP contribution in [-0.2, 0) is 0 Å². The Morgan fingerprint density at radius 2 is 0.700 bits per heavy atom. The minimum atomic E-state index is -0.0333. The topological polar surface area (TPSA) is 19.6 Å². The van der Waals surface area contributed by atoms with Gasteiger partial charge in [-0.05, 0) is 124 Å². The molecule has 0 atom stereocenters. The lowest BCUT2D eigenvalue weighted by atomic mass is 9.33. The second-order valence-electron chi connectivity index (χ2n) is 16.3. The standard InChI is InChI=1S/C56H33BN2O/c1-3-18-40-36(14-1)38-16-5-7-20-42(38)47-32-34(28-30-44(40)47)58-50-24-11-10-23-49(50)57-54-46-22-9-12-27-53(46)60-56(54)59(52-26-13-25-51(58)55(52)57)35-29-31-45-41-19-4-2-15-37(41)39-17-6-8-21-43(39)48(45)33-35/h1-33H. The molecule has 4 heteroatoms. The van der Waals surface area contributed by atoms with Crippen molar-refractivity contribution in [1.82, 2.24) is 0 Å². The van der Waals surface area contributed by atoms with Gasteiger partial charge in [-0.25, -0.2) is 0 Å². The van der Waals surface area contributed by atoms with E-state index in [9.17, 15) is 0 Å². The Bertz CT molecular complexity index is 3760. The Morgan fingerprint density at radius 3 is 1.25 bits per heavy atom. The van der Waals surface area contributed by atoms with Crippen LogP contribution in [0.3, 0.4) is 0 Å². The third-order valence-electron chi connectivity index (χ3n) is 13.4. The Balaban J connectivity index is 1.06. The highest BCUT2D eigenvalue weighted by Crippen LogP contribution is 2.48. The number of furan rings is 1. The van der Waals surface area contributed by atoms with E-state index in [2.05, 4.69) is 210 Å². The smallest absolute Gasteiger partial charge is 0.257 e. The summed E-state index contributed by atoms with van der Waals surface area (Å²) in [5.41, 5.74) is 10.4. The van der Waals surface area contributed by atoms with Gasteiger partial charge in [-0.1, -0.05) is 152 Å². The van der Waals surface area contributed by atoms with Crippen LogP contribution in [0.25, 0.3) is 75.6 Å². The Morgan fingerprint density at radius 1 is 0.300 bits per heavy atom. The number of hydrogen-bond acceptors (Lipinski definition) is 3. The van der Waals surface area contributed by atoms with Crippen molar-refractivity contribution < 1.29 is 4.42 Å². The summed E-state index contributed by atoms with van der Waals surface area (Å²) in [5.74, 6) is 0.877. The molecule has 14 rings (SSSR count). The fraction of sp³-hybridized carbons (Fsp3) is 0. The average Bonchev–Trinajstić information content (AvgIpc) is 3.70. The van der Waals surface area contributed by atoms with Crippen LogP contribution < -0.4 is 26.2 Å². The van der Waals surface area contributed by atoms with Crippen LogP contribution >= 0.6 is 0 Å². The first-order chi connectivity index (χ1) is 29.8. The lowest BCUT2D eigenvalue weighted by Gasteiger charge is -2.42. The predicted molar refractivity (Wildman–Crippen MR) is 255 cm³/mol. The van der Waals surface area contributed by atoms with Crippen molar-refractivity contribution >= 4 is 133 Å². The van der Waals surface area contributed by atoms with E-state index in [0.29, 0.717) is 0 Å². The molecule has 2 aliphatic heterocycles. The van der Waals surface area contributed by atoms with Crippen molar-refractivity contribution in [2.45, 2.75) is 0 Å². The second kappa shape index (κ2) is 11.9. The summed E-state index contributed by atoms with van der Waals surface area (Å²) >= 11 is 0. The van der Waals surface area contributed by atoms with Gasteiger partial charge in [0.05, 0.1) is 0 Å². The minimum Gasteiger partial charge on any atom is -0.440 e. The molecule has 3 heterocycles. The highest BCUT2D eigenvalue weighted by Gasteiger charge is 2.46. The number of rotatable bonds is 2. The minimum absolute atomic E-state index is 0.0333. The Kier molecular flexibility index (Phi) is 6.37. The number of fused-ring (bicyclic) bond motifs is 18. The maximum atomic E-state index is 7.04. The van der Waals surface area contributed by atoms with E-state index in [-0.39, 0.29) is 6.71 Å². The SMILES string of the molecule is c1ccc2c(c1)B1c3c(cccc3N(c3ccc4c5ccccc5c5ccccc5c4c3)c3oc4ccccc4c31)N2c1ccc2c3ccccc3c3ccccc3c2c1. The molecule has 1 aromatic heterocycles. The number of anilines is 6. The second-order valence-corrected chi connectivity index (χ2v) is 16.3. The monoisotopic (exact) mass is 760 g/mol. The van der Waals surface area contributed by atoms with E-state index >= 15 is 0 Å². The molecule has 12 aromatic rings. The molecular formula is C56H33BN2O. The van der Waals surface area contributed by atoms with Gasteiger partial charge < -0.3 is 9.32 Å². The van der Waals surface area contributed by atoms with Gasteiger partial charge >= 0.3 is 0 Å². The summed E-state index contributed by atoms with van der Waals surface area (Å²) in [6.45, 7) is -0.0333. The summed E-state index contributed by atoms with van der Waals surface area (Å²) in [7, 11) is 0. The number of para-hydroxylation sites is 2. The summed E-state index contributed by atoms with van der Waals surface area (Å²) in [4.78, 5) is 4.89. The molecule has 0 bridgehead atoms. The molecule has 2 aliphatic rings. The summed E-state index contributed by atoms with van der Waals surface area (Å²) < 4.78 is 7.04. The quantitative estimate of drug-likeness (QED) is 0.129. The van der Waals surface area contributed by atoms with E-state index in [1.165, 1.54) is 92.4 Å². The van der Waals surface area contributed by atoms with Crippen LogP contribution in [0.4, 0.5) is 34.3 Å². The molecule has 0 amide bonds. The fourth-order valence-corrected chi connectivity index (χ4v) is 11.0. The molecule has 0 unspecified atom stereocenters. The van der Waals surface area contributed by atoms with Gasteiger partial charge in [0.1, 0.15) is 5.58 Å². The van der Waals surface area contributed by atoms with Gasteiger partial charge in [-0.15, -0.1) is 0 Å². The lowest BCUT2D eigenvalue weighted by molar-refractivity contribution is 0.623. The van der Waals surface area contributed by atoms with E-state index in [1.807, 2.05) is 0 Å². The molecule has 0 saturated carbocycles. The van der Waals surface area contributed by atoms with Gasteiger partial charge in [-0.2, -0.15) is 0 Å².